The molecule has 0 rings (SSSR count). The molecule has 0 atom stereocenters. The molecule has 19 heavy (non-hydrogen) atoms. The van der Waals surface area contributed by atoms with E-state index in [1.807, 2.05) is 0 Å². The van der Waals surface area contributed by atoms with Crippen molar-refractivity contribution >= 4 is 21.4 Å². The van der Waals surface area contributed by atoms with Gasteiger partial charge in [-0.05, 0) is 0 Å². The molecular weight excluding hydrogens is 351 g/mol. The molecule has 6 heteroatoms. The summed E-state index contributed by atoms with van der Waals surface area (Å²) in [5.41, 5.74) is 0. The fraction of sp³-hybridized carbons (Fsp3) is 1.00. The minimum absolute atomic E-state index is 0.595. The Hall–Kier alpha value is 0.670. The third-order valence-electron chi connectivity index (χ3n) is 1.61. The van der Waals surface area contributed by atoms with Crippen LogP contribution in [0.3, 0.4) is 0 Å². The van der Waals surface area contributed by atoms with Gasteiger partial charge in [-0.25, -0.2) is 0 Å². The Bertz CT molecular complexity index is 132. The summed E-state index contributed by atoms with van der Waals surface area (Å²) >= 11 is -0.637. The maximum atomic E-state index is 5.26. The van der Waals surface area contributed by atoms with E-state index in [1.165, 1.54) is 0 Å². The van der Waals surface area contributed by atoms with Crippen molar-refractivity contribution in [2.24, 2.45) is 0 Å². The average molecular weight is 382 g/mol. The van der Waals surface area contributed by atoms with Crippen LogP contribution in [0, 0.1) is 0 Å². The number of hydrogen-bond acceptors (Lipinski definition) is 5. The Morgan fingerprint density at radius 1 is 0.526 bits per heavy atom. The summed E-state index contributed by atoms with van der Waals surface area (Å²) in [5, 5.41) is 0. The molecule has 0 aromatic heterocycles. The van der Waals surface area contributed by atoms with Gasteiger partial charge in [0.05, 0.1) is 52.9 Å². The second-order valence-corrected chi connectivity index (χ2v) is 14.4. The maximum absolute atomic E-state index is 5.26. The first-order valence-electron chi connectivity index (χ1n) is 6.86. The van der Waals surface area contributed by atoms with Crippen molar-refractivity contribution in [2.75, 3.05) is 67.1 Å². The van der Waals surface area contributed by atoms with Crippen molar-refractivity contribution in [3.05, 3.63) is 0 Å². The Labute approximate surface area is 126 Å². The summed E-state index contributed by atoms with van der Waals surface area (Å²) in [7, 11) is 3.30. The molecule has 0 amide bonds. The van der Waals surface area contributed by atoms with Crippen LogP contribution in [-0.4, -0.2) is 88.5 Å². The second kappa shape index (κ2) is 21.0. The summed E-state index contributed by atoms with van der Waals surface area (Å²) in [6.07, 6.45) is 0. The molecule has 0 saturated heterocycles. The van der Waals surface area contributed by atoms with Crippen LogP contribution < -0.4 is 0 Å². The van der Waals surface area contributed by atoms with Gasteiger partial charge >= 0.3 is 35.5 Å². The number of ether oxygens (including phenoxy) is 5. The second-order valence-electron chi connectivity index (χ2n) is 4.55. The van der Waals surface area contributed by atoms with Crippen molar-refractivity contribution in [2.45, 2.75) is 14.0 Å². The van der Waals surface area contributed by atoms with E-state index in [0.29, 0.717) is 52.9 Å². The van der Waals surface area contributed by atoms with Crippen LogP contribution in [0.2, 0.25) is 14.0 Å². The molecular formula is C13H31InO5. The quantitative estimate of drug-likeness (QED) is 0.481. The summed E-state index contributed by atoms with van der Waals surface area (Å²) < 4.78 is 32.5. The van der Waals surface area contributed by atoms with E-state index in [-0.39, 0.29) is 0 Å². The van der Waals surface area contributed by atoms with Crippen LogP contribution in [-0.2, 0) is 23.7 Å². The molecule has 0 aliphatic carbocycles. The van der Waals surface area contributed by atoms with Gasteiger partial charge in [-0.1, -0.05) is 0 Å². The predicted molar refractivity (Wildman–Crippen MR) is 79.6 cm³/mol. The minimum atomic E-state index is -0.637. The fourth-order valence-corrected chi connectivity index (χ4v) is 0.826. The molecule has 0 spiro atoms. The van der Waals surface area contributed by atoms with E-state index in [2.05, 4.69) is 14.0 Å². The molecule has 0 unspecified atom stereocenters. The molecule has 0 aromatic carbocycles. The molecule has 0 fully saturated rings. The average Bonchev–Trinajstić information content (AvgIpc) is 2.35. The van der Waals surface area contributed by atoms with Gasteiger partial charge in [-0.2, -0.15) is 0 Å². The monoisotopic (exact) mass is 382 g/mol. The topological polar surface area (TPSA) is 46.2 Å². The molecule has 0 aliphatic rings. The van der Waals surface area contributed by atoms with Gasteiger partial charge in [0.25, 0.3) is 0 Å². The van der Waals surface area contributed by atoms with Crippen molar-refractivity contribution < 1.29 is 23.7 Å². The van der Waals surface area contributed by atoms with E-state index in [0.717, 1.165) is 0 Å². The van der Waals surface area contributed by atoms with Gasteiger partial charge < -0.3 is 23.7 Å². The zero-order valence-electron chi connectivity index (χ0n) is 13.3. The third kappa shape index (κ3) is 32.3. The predicted octanol–water partition coefficient (Wildman–Crippen LogP) is 1.70. The third-order valence-corrected chi connectivity index (χ3v) is 1.61. The van der Waals surface area contributed by atoms with Gasteiger partial charge in [-0.3, -0.25) is 0 Å². The molecule has 0 aliphatic heterocycles. The molecule has 116 valence electrons. The van der Waals surface area contributed by atoms with Crippen molar-refractivity contribution in [3.8, 4) is 0 Å². The normalized spacial score (nSPS) is 9.95. The molecule has 0 bridgehead atoms. The summed E-state index contributed by atoms with van der Waals surface area (Å²) in [6.45, 7) is 4.87. The molecule has 0 N–H and O–H groups in total. The molecule has 0 radical (unpaired) electrons. The van der Waals surface area contributed by atoms with E-state index in [4.69, 9.17) is 23.7 Å². The van der Waals surface area contributed by atoms with Crippen molar-refractivity contribution in [1.82, 2.24) is 0 Å². The Balaban J connectivity index is 0. The first-order chi connectivity index (χ1) is 9.15. The molecule has 5 nitrogen and oxygen atoms in total. The van der Waals surface area contributed by atoms with Crippen molar-refractivity contribution in [3.63, 3.8) is 0 Å². The van der Waals surface area contributed by atoms with Gasteiger partial charge in [-0.15, -0.1) is 0 Å². The van der Waals surface area contributed by atoms with Crippen LogP contribution in [0.5, 0.6) is 0 Å². The van der Waals surface area contributed by atoms with E-state index in [9.17, 15) is 0 Å². The van der Waals surface area contributed by atoms with Gasteiger partial charge in [0.15, 0.2) is 0 Å². The van der Waals surface area contributed by atoms with Gasteiger partial charge in [0, 0.05) is 14.2 Å². The van der Waals surface area contributed by atoms with Crippen molar-refractivity contribution in [1.29, 1.82) is 0 Å². The van der Waals surface area contributed by atoms with Crippen LogP contribution in [0.4, 0.5) is 0 Å². The van der Waals surface area contributed by atoms with E-state index in [1.54, 1.807) is 14.2 Å². The SMILES string of the molecule is COCCOCCOCCOCCOC.[CH3][In]([CH3])[CH3]. The number of methoxy groups -OCH3 is 2. The Morgan fingerprint density at radius 2 is 0.737 bits per heavy atom. The van der Waals surface area contributed by atoms with E-state index < -0.39 is 21.4 Å². The fourth-order valence-electron chi connectivity index (χ4n) is 0.826. The molecule has 0 saturated carbocycles. The summed E-state index contributed by atoms with van der Waals surface area (Å²) in [4.78, 5) is 0. The van der Waals surface area contributed by atoms with Gasteiger partial charge in [0.1, 0.15) is 0 Å². The van der Waals surface area contributed by atoms with E-state index >= 15 is 0 Å². The zero-order valence-corrected chi connectivity index (χ0v) is 16.6. The number of hydrogen-bond donors (Lipinski definition) is 0. The number of rotatable bonds is 12. The van der Waals surface area contributed by atoms with Crippen LogP contribution in [0.1, 0.15) is 0 Å². The van der Waals surface area contributed by atoms with Crippen LogP contribution in [0.25, 0.3) is 0 Å². The van der Waals surface area contributed by atoms with Crippen LogP contribution in [0.15, 0.2) is 0 Å². The first kappa shape index (κ1) is 22.0. The Morgan fingerprint density at radius 3 is 0.947 bits per heavy atom. The molecule has 0 heterocycles. The Kier molecular flexibility index (Phi) is 24.2. The van der Waals surface area contributed by atoms with Crippen LogP contribution >= 0.6 is 0 Å². The standard InChI is InChI=1S/C10H22O5.3CH3.In/c1-11-3-5-13-7-9-15-10-8-14-6-4-12-2;;;;/h3-10H2,1-2H3;3*1H3;. The first-order valence-corrected chi connectivity index (χ1v) is 16.7. The van der Waals surface area contributed by atoms with Gasteiger partial charge in [0.2, 0.25) is 0 Å². The summed E-state index contributed by atoms with van der Waals surface area (Å²) in [6, 6.07) is 0. The zero-order chi connectivity index (χ0) is 14.8. The summed E-state index contributed by atoms with van der Waals surface area (Å²) in [5.74, 6) is 0. The molecule has 0 aromatic rings.